The molecule has 0 N–H and O–H groups in total. The fourth-order valence-electron chi connectivity index (χ4n) is 3.16. The minimum atomic E-state index is 0.553. The Bertz CT molecular complexity index is 366. The summed E-state index contributed by atoms with van der Waals surface area (Å²) in [5.41, 5.74) is 2.63. The highest BCUT2D eigenvalue weighted by Crippen LogP contribution is 2.43. The van der Waals surface area contributed by atoms with Crippen molar-refractivity contribution in [2.45, 2.75) is 44.6 Å². The van der Waals surface area contributed by atoms with Crippen LogP contribution in [0.15, 0.2) is 15.3 Å². The lowest BCUT2D eigenvalue weighted by atomic mass is 9.76. The summed E-state index contributed by atoms with van der Waals surface area (Å²) in [5, 5.41) is 0. The van der Waals surface area contributed by atoms with Gasteiger partial charge in [-0.1, -0.05) is 19.3 Å². The molecule has 1 aliphatic heterocycles. The van der Waals surface area contributed by atoms with Gasteiger partial charge in [-0.3, -0.25) is 0 Å². The van der Waals surface area contributed by atoms with Crippen LogP contribution in [0.5, 0.6) is 0 Å². The third-order valence-electron chi connectivity index (χ3n) is 4.01. The smallest absolute Gasteiger partial charge is 0.172 e. The van der Waals surface area contributed by atoms with Crippen LogP contribution in [0.2, 0.25) is 0 Å². The monoisotopic (exact) mass is 284 g/mol. The van der Waals surface area contributed by atoms with Crippen molar-refractivity contribution in [3.05, 3.63) is 22.1 Å². The Hall–Kier alpha value is -0.280. The topological polar surface area (TPSA) is 22.4 Å². The summed E-state index contributed by atoms with van der Waals surface area (Å²) in [6.07, 6.45) is 8.71. The fourth-order valence-corrected chi connectivity index (χ4v) is 3.80. The SMILES string of the molecule is Brc1occ2c1C(C1CCCCC1)COC2. The zero-order chi connectivity index (χ0) is 11.0. The number of ether oxygens (including phenoxy) is 1. The predicted octanol–water partition coefficient (Wildman–Crippen LogP) is 4.24. The van der Waals surface area contributed by atoms with Gasteiger partial charge >= 0.3 is 0 Å². The summed E-state index contributed by atoms with van der Waals surface area (Å²) >= 11 is 3.54. The zero-order valence-corrected chi connectivity index (χ0v) is 11.0. The van der Waals surface area contributed by atoms with Gasteiger partial charge in [-0.25, -0.2) is 0 Å². The van der Waals surface area contributed by atoms with E-state index in [2.05, 4.69) is 15.9 Å². The van der Waals surface area contributed by atoms with Crippen LogP contribution in [0, 0.1) is 5.92 Å². The molecule has 2 heterocycles. The first-order valence-electron chi connectivity index (χ1n) is 6.20. The number of rotatable bonds is 1. The second-order valence-corrected chi connectivity index (χ2v) is 5.69. The average Bonchev–Trinajstić information content (AvgIpc) is 2.73. The molecule has 1 fully saturated rings. The van der Waals surface area contributed by atoms with E-state index in [-0.39, 0.29) is 0 Å². The molecular weight excluding hydrogens is 268 g/mol. The number of hydrogen-bond donors (Lipinski definition) is 0. The van der Waals surface area contributed by atoms with E-state index >= 15 is 0 Å². The number of fused-ring (bicyclic) bond motifs is 1. The van der Waals surface area contributed by atoms with Crippen LogP contribution in [0.3, 0.4) is 0 Å². The highest BCUT2D eigenvalue weighted by atomic mass is 79.9. The molecule has 3 heteroatoms. The van der Waals surface area contributed by atoms with Gasteiger partial charge in [0.15, 0.2) is 4.67 Å². The molecule has 0 spiro atoms. The van der Waals surface area contributed by atoms with Gasteiger partial charge in [0.2, 0.25) is 0 Å². The molecule has 0 amide bonds. The summed E-state index contributed by atoms with van der Waals surface area (Å²) in [4.78, 5) is 0. The van der Waals surface area contributed by atoms with Crippen molar-refractivity contribution >= 4 is 15.9 Å². The molecule has 2 aliphatic rings. The van der Waals surface area contributed by atoms with Crippen molar-refractivity contribution < 1.29 is 9.15 Å². The maximum Gasteiger partial charge on any atom is 0.172 e. The number of hydrogen-bond acceptors (Lipinski definition) is 2. The van der Waals surface area contributed by atoms with E-state index in [0.29, 0.717) is 12.5 Å². The maximum atomic E-state index is 5.69. The maximum absolute atomic E-state index is 5.69. The molecule has 1 atom stereocenters. The fraction of sp³-hybridized carbons (Fsp3) is 0.692. The first-order chi connectivity index (χ1) is 7.86. The van der Waals surface area contributed by atoms with E-state index in [0.717, 1.165) is 17.2 Å². The van der Waals surface area contributed by atoms with Crippen molar-refractivity contribution in [3.63, 3.8) is 0 Å². The summed E-state index contributed by atoms with van der Waals surface area (Å²) in [6, 6.07) is 0. The van der Waals surface area contributed by atoms with Crippen molar-refractivity contribution in [1.29, 1.82) is 0 Å². The second kappa shape index (κ2) is 4.53. The van der Waals surface area contributed by atoms with Crippen molar-refractivity contribution in [3.8, 4) is 0 Å². The van der Waals surface area contributed by atoms with Gasteiger partial charge in [0, 0.05) is 17.0 Å². The first-order valence-corrected chi connectivity index (χ1v) is 6.99. The van der Waals surface area contributed by atoms with Crippen LogP contribution in [0.4, 0.5) is 0 Å². The van der Waals surface area contributed by atoms with Crippen molar-refractivity contribution in [2.75, 3.05) is 6.61 Å². The van der Waals surface area contributed by atoms with Crippen LogP contribution in [0.1, 0.15) is 49.1 Å². The summed E-state index contributed by atoms with van der Waals surface area (Å²) in [6.45, 7) is 1.59. The minimum Gasteiger partial charge on any atom is -0.457 e. The van der Waals surface area contributed by atoms with E-state index in [1.54, 1.807) is 0 Å². The molecule has 1 aromatic rings. The van der Waals surface area contributed by atoms with E-state index in [4.69, 9.17) is 9.15 Å². The van der Waals surface area contributed by atoms with E-state index in [1.165, 1.54) is 43.2 Å². The number of halogens is 1. The Kier molecular flexibility index (Phi) is 3.07. The third-order valence-corrected chi connectivity index (χ3v) is 4.62. The number of furan rings is 1. The molecule has 0 saturated heterocycles. The van der Waals surface area contributed by atoms with Gasteiger partial charge in [0.1, 0.15) is 0 Å². The van der Waals surface area contributed by atoms with Crippen molar-refractivity contribution in [1.82, 2.24) is 0 Å². The predicted molar refractivity (Wildman–Crippen MR) is 65.4 cm³/mol. The van der Waals surface area contributed by atoms with Gasteiger partial charge in [-0.05, 0) is 34.7 Å². The normalized spacial score (nSPS) is 26.7. The Labute approximate surface area is 104 Å². The lowest BCUT2D eigenvalue weighted by Gasteiger charge is -2.32. The molecule has 3 rings (SSSR count). The molecule has 0 radical (unpaired) electrons. The van der Waals surface area contributed by atoms with Crippen molar-refractivity contribution in [2.24, 2.45) is 5.92 Å². The van der Waals surface area contributed by atoms with Crippen LogP contribution in [0.25, 0.3) is 0 Å². The lowest BCUT2D eigenvalue weighted by molar-refractivity contribution is 0.0680. The Balaban J connectivity index is 1.88. The van der Waals surface area contributed by atoms with E-state index in [1.807, 2.05) is 6.26 Å². The van der Waals surface area contributed by atoms with Gasteiger partial charge in [-0.15, -0.1) is 0 Å². The van der Waals surface area contributed by atoms with Gasteiger partial charge < -0.3 is 9.15 Å². The molecule has 88 valence electrons. The van der Waals surface area contributed by atoms with Crippen LogP contribution < -0.4 is 0 Å². The molecule has 1 saturated carbocycles. The third kappa shape index (κ3) is 1.84. The molecule has 0 bridgehead atoms. The largest absolute Gasteiger partial charge is 0.457 e. The summed E-state index contributed by atoms with van der Waals surface area (Å²) in [7, 11) is 0. The first kappa shape index (κ1) is 10.8. The molecule has 1 unspecified atom stereocenters. The van der Waals surface area contributed by atoms with Gasteiger partial charge in [0.05, 0.1) is 19.5 Å². The van der Waals surface area contributed by atoms with Crippen LogP contribution in [-0.2, 0) is 11.3 Å². The highest BCUT2D eigenvalue weighted by Gasteiger charge is 2.32. The van der Waals surface area contributed by atoms with Crippen LogP contribution in [-0.4, -0.2) is 6.61 Å². The molecule has 16 heavy (non-hydrogen) atoms. The zero-order valence-electron chi connectivity index (χ0n) is 9.38. The van der Waals surface area contributed by atoms with Gasteiger partial charge in [0.25, 0.3) is 0 Å². The minimum absolute atomic E-state index is 0.553. The van der Waals surface area contributed by atoms with E-state index < -0.39 is 0 Å². The highest BCUT2D eigenvalue weighted by molar-refractivity contribution is 9.10. The van der Waals surface area contributed by atoms with Gasteiger partial charge in [-0.2, -0.15) is 0 Å². The van der Waals surface area contributed by atoms with E-state index in [9.17, 15) is 0 Å². The average molecular weight is 285 g/mol. The Morgan fingerprint density at radius 2 is 2.00 bits per heavy atom. The summed E-state index contributed by atoms with van der Waals surface area (Å²) in [5.74, 6) is 1.35. The second-order valence-electron chi connectivity index (χ2n) is 4.97. The lowest BCUT2D eigenvalue weighted by Crippen LogP contribution is -2.24. The molecule has 0 aromatic carbocycles. The standard InChI is InChI=1S/C13H17BrO2/c14-13-12-10(7-16-13)6-15-8-11(12)9-4-2-1-3-5-9/h7,9,11H,1-6,8H2. The molecule has 1 aliphatic carbocycles. The Morgan fingerprint density at radius 3 is 2.81 bits per heavy atom. The molecule has 1 aromatic heterocycles. The Morgan fingerprint density at radius 1 is 1.19 bits per heavy atom. The molecular formula is C13H17BrO2. The summed E-state index contributed by atoms with van der Waals surface area (Å²) < 4.78 is 12.1. The quantitative estimate of drug-likeness (QED) is 0.770. The van der Waals surface area contributed by atoms with Crippen LogP contribution >= 0.6 is 15.9 Å². The molecule has 2 nitrogen and oxygen atoms in total.